The second kappa shape index (κ2) is 11.0. The molecular weight excluding hydrogens is 549 g/mol. The molecule has 0 radical (unpaired) electrons. The van der Waals surface area contributed by atoms with Crippen molar-refractivity contribution in [2.24, 2.45) is 0 Å². The topological polar surface area (TPSA) is 114 Å². The molecular formula is C30H27ClFN5O4. The number of hydrogen-bond acceptors (Lipinski definition) is 7. The van der Waals surface area contributed by atoms with Gasteiger partial charge in [-0.3, -0.25) is 9.78 Å². The highest BCUT2D eigenvalue weighted by atomic mass is 35.5. The summed E-state index contributed by atoms with van der Waals surface area (Å²) in [5.41, 5.74) is 3.53. The van der Waals surface area contributed by atoms with Crippen LogP contribution in [0.2, 0.25) is 5.02 Å². The van der Waals surface area contributed by atoms with Crippen molar-refractivity contribution in [1.82, 2.24) is 24.4 Å². The maximum Gasteiger partial charge on any atom is 0.248 e. The molecule has 41 heavy (non-hydrogen) atoms. The van der Waals surface area contributed by atoms with Crippen molar-refractivity contribution in [2.75, 3.05) is 19.7 Å². The van der Waals surface area contributed by atoms with Crippen LogP contribution in [-0.4, -0.2) is 60.2 Å². The Morgan fingerprint density at radius 3 is 2.61 bits per heavy atom. The number of carbonyl (C=O) groups is 1. The molecule has 0 bridgehead atoms. The Bertz CT molecular complexity index is 1780. The fourth-order valence-corrected chi connectivity index (χ4v) is 5.82. The summed E-state index contributed by atoms with van der Waals surface area (Å²) in [6.45, 7) is 2.38. The van der Waals surface area contributed by atoms with Gasteiger partial charge in [0.1, 0.15) is 29.5 Å². The Morgan fingerprint density at radius 1 is 1.07 bits per heavy atom. The molecule has 1 fully saturated rings. The third-order valence-corrected chi connectivity index (χ3v) is 7.85. The van der Waals surface area contributed by atoms with Crippen LogP contribution >= 0.6 is 11.6 Å². The molecule has 2 N–H and O–H groups in total. The van der Waals surface area contributed by atoms with Crippen LogP contribution in [0.1, 0.15) is 30.3 Å². The van der Waals surface area contributed by atoms with Gasteiger partial charge in [0.2, 0.25) is 11.8 Å². The number of rotatable bonds is 6. The van der Waals surface area contributed by atoms with Gasteiger partial charge in [0, 0.05) is 60.0 Å². The van der Waals surface area contributed by atoms with E-state index in [1.54, 1.807) is 53.7 Å². The van der Waals surface area contributed by atoms with E-state index in [0.717, 1.165) is 16.7 Å². The van der Waals surface area contributed by atoms with Crippen LogP contribution in [0.15, 0.2) is 54.9 Å². The van der Waals surface area contributed by atoms with Crippen molar-refractivity contribution in [3.8, 4) is 22.8 Å². The number of carbonyl (C=O) groups excluding carboxylic acids is 1. The first kappa shape index (κ1) is 27.1. The smallest absolute Gasteiger partial charge is 0.248 e. The number of aryl methyl sites for hydroxylation is 1. The number of aliphatic hydroxyl groups excluding tert-OH is 2. The van der Waals surface area contributed by atoms with Crippen molar-refractivity contribution in [3.05, 3.63) is 77.1 Å². The first-order valence-electron chi connectivity index (χ1n) is 13.2. The minimum absolute atomic E-state index is 0.0832. The van der Waals surface area contributed by atoms with E-state index in [1.165, 1.54) is 6.07 Å². The number of aliphatic hydroxyl groups is 2. The zero-order chi connectivity index (χ0) is 28.7. The maximum atomic E-state index is 15.5. The van der Waals surface area contributed by atoms with Gasteiger partial charge in [-0.2, -0.15) is 0 Å². The van der Waals surface area contributed by atoms with Crippen LogP contribution in [0.5, 0.6) is 11.6 Å². The molecule has 1 aliphatic heterocycles. The lowest BCUT2D eigenvalue weighted by Gasteiger charge is -2.33. The average molecular weight is 576 g/mol. The average Bonchev–Trinajstić information content (AvgIpc) is 3.33. The molecule has 11 heteroatoms. The molecule has 1 aliphatic rings. The van der Waals surface area contributed by atoms with E-state index in [-0.39, 0.29) is 18.6 Å². The minimum atomic E-state index is -0.494. The standard InChI is InChI=1S/C30H27ClFN5O4/c1-17-35-27-14-34-26-13-25(32)22(12-23(26)30(27)37(17)19-5-8-36(9-6-19)29(40)16-39)21-3-2-20(11-24(21)31)41-28-10-18(15-38)4-7-33-28/h2-4,7,10-14,19,38-39H,5-6,8-9,15-16H2,1H3. The molecule has 0 atom stereocenters. The van der Waals surface area contributed by atoms with Gasteiger partial charge in [-0.1, -0.05) is 11.6 Å². The minimum Gasteiger partial charge on any atom is -0.439 e. The molecule has 3 aromatic heterocycles. The van der Waals surface area contributed by atoms with E-state index < -0.39 is 12.4 Å². The second-order valence-electron chi connectivity index (χ2n) is 10.0. The quantitative estimate of drug-likeness (QED) is 0.286. The Labute approximate surface area is 239 Å². The van der Waals surface area contributed by atoms with Gasteiger partial charge in [-0.25, -0.2) is 14.4 Å². The SMILES string of the molecule is Cc1nc2cnc3cc(F)c(-c4ccc(Oc5cc(CO)ccn5)cc4Cl)cc3c2n1C1CCN(C(=O)CO)CC1. The number of aromatic nitrogens is 4. The number of nitrogens with zero attached hydrogens (tertiary/aromatic N) is 5. The monoisotopic (exact) mass is 575 g/mol. The summed E-state index contributed by atoms with van der Waals surface area (Å²) in [5, 5.41) is 19.6. The first-order valence-corrected chi connectivity index (χ1v) is 13.6. The highest BCUT2D eigenvalue weighted by Crippen LogP contribution is 2.38. The second-order valence-corrected chi connectivity index (χ2v) is 10.5. The molecule has 5 aromatic rings. The number of imidazole rings is 1. The third-order valence-electron chi connectivity index (χ3n) is 7.53. The predicted molar refractivity (Wildman–Crippen MR) is 152 cm³/mol. The molecule has 1 saturated heterocycles. The molecule has 0 unspecified atom stereocenters. The van der Waals surface area contributed by atoms with Gasteiger partial charge in [0.15, 0.2) is 0 Å². The highest BCUT2D eigenvalue weighted by Gasteiger charge is 2.27. The maximum absolute atomic E-state index is 15.5. The van der Waals surface area contributed by atoms with E-state index in [0.29, 0.717) is 70.3 Å². The van der Waals surface area contributed by atoms with Crippen LogP contribution in [-0.2, 0) is 11.4 Å². The van der Waals surface area contributed by atoms with Crippen molar-refractivity contribution >= 4 is 39.4 Å². The summed E-state index contributed by atoms with van der Waals surface area (Å²) in [7, 11) is 0. The van der Waals surface area contributed by atoms with Crippen molar-refractivity contribution in [2.45, 2.75) is 32.4 Å². The number of piperidine rings is 1. The van der Waals surface area contributed by atoms with E-state index in [4.69, 9.17) is 21.3 Å². The van der Waals surface area contributed by atoms with Crippen molar-refractivity contribution in [1.29, 1.82) is 0 Å². The van der Waals surface area contributed by atoms with Crippen LogP contribution in [0, 0.1) is 12.7 Å². The Hall–Kier alpha value is -4.12. The fraction of sp³-hybridized carbons (Fsp3) is 0.267. The van der Waals surface area contributed by atoms with Crippen LogP contribution in [0.4, 0.5) is 4.39 Å². The van der Waals surface area contributed by atoms with E-state index in [1.807, 2.05) is 6.92 Å². The highest BCUT2D eigenvalue weighted by molar-refractivity contribution is 6.33. The Balaban J connectivity index is 1.38. The molecule has 0 spiro atoms. The summed E-state index contributed by atoms with van der Waals surface area (Å²) in [4.78, 5) is 27.0. The molecule has 1 amide bonds. The molecule has 0 saturated carbocycles. The number of likely N-dealkylation sites (tertiary alicyclic amines) is 1. The third kappa shape index (κ3) is 5.10. The predicted octanol–water partition coefficient (Wildman–Crippen LogP) is 5.19. The summed E-state index contributed by atoms with van der Waals surface area (Å²) in [6, 6.07) is 11.5. The molecule has 9 nitrogen and oxygen atoms in total. The lowest BCUT2D eigenvalue weighted by Crippen LogP contribution is -2.40. The molecule has 4 heterocycles. The van der Waals surface area contributed by atoms with Crippen LogP contribution < -0.4 is 4.74 Å². The normalized spacial score (nSPS) is 14.2. The van der Waals surface area contributed by atoms with Gasteiger partial charge >= 0.3 is 0 Å². The van der Waals surface area contributed by atoms with Gasteiger partial charge in [0.05, 0.1) is 28.9 Å². The zero-order valence-electron chi connectivity index (χ0n) is 22.2. The Kier molecular flexibility index (Phi) is 7.29. The van der Waals surface area contributed by atoms with E-state index in [2.05, 4.69) is 14.5 Å². The molecule has 210 valence electrons. The fourth-order valence-electron chi connectivity index (χ4n) is 5.54. The first-order chi connectivity index (χ1) is 19.9. The van der Waals surface area contributed by atoms with Gasteiger partial charge in [-0.15, -0.1) is 0 Å². The number of fused-ring (bicyclic) bond motifs is 3. The van der Waals surface area contributed by atoms with Gasteiger partial charge in [0.25, 0.3) is 0 Å². The molecule has 0 aliphatic carbocycles. The number of hydrogen-bond donors (Lipinski definition) is 2. The largest absolute Gasteiger partial charge is 0.439 e. The summed E-state index contributed by atoms with van der Waals surface area (Å²) < 4.78 is 23.5. The number of halogens is 2. The number of ether oxygens (including phenoxy) is 1. The number of benzene rings is 2. The van der Waals surface area contributed by atoms with E-state index >= 15 is 4.39 Å². The summed E-state index contributed by atoms with van der Waals surface area (Å²) >= 11 is 6.65. The lowest BCUT2D eigenvalue weighted by molar-refractivity contribution is -0.135. The van der Waals surface area contributed by atoms with Crippen molar-refractivity contribution < 1.29 is 24.1 Å². The van der Waals surface area contributed by atoms with Crippen LogP contribution in [0.3, 0.4) is 0 Å². The summed E-state index contributed by atoms with van der Waals surface area (Å²) in [6.07, 6.45) is 4.61. The van der Waals surface area contributed by atoms with E-state index in [9.17, 15) is 15.0 Å². The van der Waals surface area contributed by atoms with Crippen molar-refractivity contribution in [3.63, 3.8) is 0 Å². The lowest BCUT2D eigenvalue weighted by atomic mass is 10.0. The molecule has 6 rings (SSSR count). The Morgan fingerprint density at radius 2 is 1.88 bits per heavy atom. The van der Waals surface area contributed by atoms with Gasteiger partial charge in [-0.05, 0) is 49.6 Å². The summed E-state index contributed by atoms with van der Waals surface area (Å²) in [5.74, 6) is 0.808. The van der Waals surface area contributed by atoms with Gasteiger partial charge < -0.3 is 24.4 Å². The number of amides is 1. The van der Waals surface area contributed by atoms with Crippen LogP contribution in [0.25, 0.3) is 33.1 Å². The molecule has 2 aromatic carbocycles. The number of pyridine rings is 2. The zero-order valence-corrected chi connectivity index (χ0v) is 23.0.